The molecule has 0 bridgehead atoms. The van der Waals surface area contributed by atoms with Crippen molar-refractivity contribution in [3.8, 4) is 0 Å². The summed E-state index contributed by atoms with van der Waals surface area (Å²) in [6, 6.07) is 0. The number of nitrogens with two attached hydrogens (primary N) is 1. The molecule has 0 aromatic heterocycles. The van der Waals surface area contributed by atoms with E-state index in [0.29, 0.717) is 5.92 Å². The lowest BCUT2D eigenvalue weighted by Crippen LogP contribution is -2.57. The predicted octanol–water partition coefficient (Wildman–Crippen LogP) is 2.01. The molecule has 3 heteroatoms. The van der Waals surface area contributed by atoms with E-state index in [4.69, 9.17) is 5.73 Å². The Morgan fingerprint density at radius 3 is 2.31 bits per heavy atom. The number of rotatable bonds is 3. The second kappa shape index (κ2) is 5.17. The van der Waals surface area contributed by atoms with Crippen molar-refractivity contribution in [2.45, 2.75) is 52.5 Å². The molecule has 16 heavy (non-hydrogen) atoms. The Balaban J connectivity index is 2.68. The van der Waals surface area contributed by atoms with Crippen molar-refractivity contribution < 1.29 is 4.79 Å². The Kier molecular flexibility index (Phi) is 4.36. The van der Waals surface area contributed by atoms with Crippen molar-refractivity contribution in [1.29, 1.82) is 0 Å². The average Bonchev–Trinajstić information content (AvgIpc) is 2.30. The van der Waals surface area contributed by atoms with Gasteiger partial charge in [-0.1, -0.05) is 27.7 Å². The van der Waals surface area contributed by atoms with E-state index in [9.17, 15) is 4.79 Å². The Labute approximate surface area is 99.4 Å². The third kappa shape index (κ3) is 2.57. The van der Waals surface area contributed by atoms with E-state index >= 15 is 0 Å². The van der Waals surface area contributed by atoms with Crippen LogP contribution in [0.5, 0.6) is 0 Å². The minimum absolute atomic E-state index is 0.149. The van der Waals surface area contributed by atoms with Gasteiger partial charge in [-0.2, -0.15) is 0 Å². The zero-order chi connectivity index (χ0) is 12.3. The highest BCUT2D eigenvalue weighted by Gasteiger charge is 2.36. The van der Waals surface area contributed by atoms with Crippen LogP contribution in [0.15, 0.2) is 0 Å². The van der Waals surface area contributed by atoms with Crippen LogP contribution in [0.4, 0.5) is 0 Å². The van der Waals surface area contributed by atoms with E-state index in [1.165, 1.54) is 0 Å². The smallest absolute Gasteiger partial charge is 0.242 e. The Bertz CT molecular complexity index is 248. The lowest BCUT2D eigenvalue weighted by Gasteiger charge is -2.39. The third-order valence-electron chi connectivity index (χ3n) is 4.31. The summed E-state index contributed by atoms with van der Waals surface area (Å²) in [5.41, 5.74) is 5.52. The van der Waals surface area contributed by atoms with Crippen LogP contribution in [0.1, 0.15) is 47.0 Å². The van der Waals surface area contributed by atoms with E-state index in [1.807, 2.05) is 18.7 Å². The molecule has 2 N–H and O–H groups in total. The van der Waals surface area contributed by atoms with Gasteiger partial charge in [0.25, 0.3) is 0 Å². The second-order valence-electron chi connectivity index (χ2n) is 5.36. The standard InChI is InChI=1S/C13H26N2O/c1-5-13(14,6-2)12(16)15-8-7-10(3)11(4)9-15/h10-11H,5-9,14H2,1-4H3. The van der Waals surface area contributed by atoms with Crippen LogP contribution in [0.2, 0.25) is 0 Å². The molecule has 1 fully saturated rings. The summed E-state index contributed by atoms with van der Waals surface area (Å²) in [4.78, 5) is 14.3. The number of hydrogen-bond acceptors (Lipinski definition) is 2. The number of carbonyl (C=O) groups excluding carboxylic acids is 1. The van der Waals surface area contributed by atoms with Crippen LogP contribution in [-0.4, -0.2) is 29.4 Å². The Hall–Kier alpha value is -0.570. The fraction of sp³-hybridized carbons (Fsp3) is 0.923. The molecule has 1 amide bonds. The van der Waals surface area contributed by atoms with Crippen LogP contribution < -0.4 is 5.73 Å². The van der Waals surface area contributed by atoms with Gasteiger partial charge in [0.1, 0.15) is 0 Å². The van der Waals surface area contributed by atoms with E-state index < -0.39 is 5.54 Å². The molecule has 3 nitrogen and oxygen atoms in total. The summed E-state index contributed by atoms with van der Waals surface area (Å²) in [5.74, 6) is 1.46. The van der Waals surface area contributed by atoms with Crippen LogP contribution in [0.25, 0.3) is 0 Å². The van der Waals surface area contributed by atoms with Gasteiger partial charge in [-0.05, 0) is 31.1 Å². The van der Waals surface area contributed by atoms with Gasteiger partial charge < -0.3 is 10.6 Å². The number of piperidine rings is 1. The molecule has 1 rings (SSSR count). The first-order valence-corrected chi connectivity index (χ1v) is 6.52. The molecule has 2 unspecified atom stereocenters. The molecule has 1 heterocycles. The molecule has 1 aliphatic heterocycles. The molecule has 0 saturated carbocycles. The summed E-state index contributed by atoms with van der Waals surface area (Å²) in [5, 5.41) is 0. The maximum Gasteiger partial charge on any atom is 0.242 e. The quantitative estimate of drug-likeness (QED) is 0.800. The fourth-order valence-corrected chi connectivity index (χ4v) is 2.31. The summed E-state index contributed by atoms with van der Waals surface area (Å²) in [6.07, 6.45) is 2.56. The fourth-order valence-electron chi connectivity index (χ4n) is 2.31. The molecule has 0 aliphatic carbocycles. The van der Waals surface area contributed by atoms with Gasteiger partial charge in [0, 0.05) is 13.1 Å². The van der Waals surface area contributed by atoms with E-state index in [2.05, 4.69) is 13.8 Å². The first-order chi connectivity index (χ1) is 7.44. The van der Waals surface area contributed by atoms with Crippen molar-refractivity contribution in [3.05, 3.63) is 0 Å². The highest BCUT2D eigenvalue weighted by molar-refractivity contribution is 5.86. The minimum atomic E-state index is -0.639. The molecule has 1 aliphatic rings. The maximum absolute atomic E-state index is 12.3. The monoisotopic (exact) mass is 226 g/mol. The SMILES string of the molecule is CCC(N)(CC)C(=O)N1CCC(C)C(C)C1. The second-order valence-corrected chi connectivity index (χ2v) is 5.36. The molecular formula is C13H26N2O. The van der Waals surface area contributed by atoms with Crippen LogP contribution >= 0.6 is 0 Å². The predicted molar refractivity (Wildman–Crippen MR) is 67.0 cm³/mol. The summed E-state index contributed by atoms with van der Waals surface area (Å²) < 4.78 is 0. The van der Waals surface area contributed by atoms with E-state index in [1.54, 1.807) is 0 Å². The number of carbonyl (C=O) groups is 1. The van der Waals surface area contributed by atoms with Crippen LogP contribution in [0.3, 0.4) is 0 Å². The number of hydrogen-bond donors (Lipinski definition) is 1. The molecule has 0 spiro atoms. The minimum Gasteiger partial charge on any atom is -0.341 e. The number of nitrogens with zero attached hydrogens (tertiary/aromatic N) is 1. The van der Waals surface area contributed by atoms with Gasteiger partial charge in [-0.15, -0.1) is 0 Å². The van der Waals surface area contributed by atoms with Gasteiger partial charge in [0.2, 0.25) is 5.91 Å². The largest absolute Gasteiger partial charge is 0.341 e. The Morgan fingerprint density at radius 2 is 1.88 bits per heavy atom. The molecule has 0 radical (unpaired) electrons. The number of likely N-dealkylation sites (tertiary alicyclic amines) is 1. The molecule has 94 valence electrons. The highest BCUT2D eigenvalue weighted by Crippen LogP contribution is 2.25. The van der Waals surface area contributed by atoms with Crippen molar-refractivity contribution in [3.63, 3.8) is 0 Å². The van der Waals surface area contributed by atoms with Crippen LogP contribution in [0, 0.1) is 11.8 Å². The molecule has 2 atom stereocenters. The normalized spacial score (nSPS) is 26.9. The van der Waals surface area contributed by atoms with Gasteiger partial charge >= 0.3 is 0 Å². The first kappa shape index (κ1) is 13.5. The maximum atomic E-state index is 12.3. The molecule has 0 aromatic carbocycles. The molecular weight excluding hydrogens is 200 g/mol. The molecule has 1 saturated heterocycles. The lowest BCUT2D eigenvalue weighted by atomic mass is 9.86. The van der Waals surface area contributed by atoms with Crippen LogP contribution in [-0.2, 0) is 4.79 Å². The third-order valence-corrected chi connectivity index (χ3v) is 4.31. The van der Waals surface area contributed by atoms with Crippen molar-refractivity contribution in [1.82, 2.24) is 4.90 Å². The topological polar surface area (TPSA) is 46.3 Å². The van der Waals surface area contributed by atoms with Gasteiger partial charge in [0.05, 0.1) is 5.54 Å². The van der Waals surface area contributed by atoms with Crippen molar-refractivity contribution >= 4 is 5.91 Å². The lowest BCUT2D eigenvalue weighted by molar-refractivity contribution is -0.139. The zero-order valence-electron chi connectivity index (χ0n) is 11.1. The number of amides is 1. The van der Waals surface area contributed by atoms with E-state index in [0.717, 1.165) is 38.3 Å². The molecule has 0 aromatic rings. The average molecular weight is 226 g/mol. The van der Waals surface area contributed by atoms with Gasteiger partial charge in [0.15, 0.2) is 0 Å². The first-order valence-electron chi connectivity index (χ1n) is 6.52. The summed E-state index contributed by atoms with van der Waals surface area (Å²) >= 11 is 0. The van der Waals surface area contributed by atoms with E-state index in [-0.39, 0.29) is 5.91 Å². The Morgan fingerprint density at radius 1 is 1.31 bits per heavy atom. The summed E-state index contributed by atoms with van der Waals surface area (Å²) in [7, 11) is 0. The highest BCUT2D eigenvalue weighted by atomic mass is 16.2. The zero-order valence-corrected chi connectivity index (χ0v) is 11.1. The van der Waals surface area contributed by atoms with Gasteiger partial charge in [-0.3, -0.25) is 4.79 Å². The van der Waals surface area contributed by atoms with Crippen molar-refractivity contribution in [2.75, 3.05) is 13.1 Å². The summed E-state index contributed by atoms with van der Waals surface area (Å²) in [6.45, 7) is 10.2. The van der Waals surface area contributed by atoms with Gasteiger partial charge in [-0.25, -0.2) is 0 Å². The van der Waals surface area contributed by atoms with Crippen molar-refractivity contribution in [2.24, 2.45) is 17.6 Å².